The van der Waals surface area contributed by atoms with Crippen molar-refractivity contribution in [3.63, 3.8) is 0 Å². The molecule has 0 saturated heterocycles. The fraction of sp³-hybridized carbons (Fsp3) is 0. The van der Waals surface area contributed by atoms with E-state index in [1.165, 1.54) is 0 Å². The van der Waals surface area contributed by atoms with Gasteiger partial charge >= 0.3 is 102 Å². The van der Waals surface area contributed by atoms with Gasteiger partial charge in [0.2, 0.25) is 0 Å². The normalized spacial score (nSPS) is 9.72. The summed E-state index contributed by atoms with van der Waals surface area (Å²) >= 11 is 0. The standard InChI is InChI=1S/K.Mg.Mn.H3O4P.2H2O4S/c;;;3*1-5(2,3)4/h;;;(H3,1,2,3,4);2*(H2,1,2,3,4)/q+1;2*+2;;;/p-5. The van der Waals surface area contributed by atoms with Crippen molar-refractivity contribution >= 4 is 51.7 Å². The molecule has 0 saturated carbocycles. The van der Waals surface area contributed by atoms with Crippen LogP contribution >= 0.6 is 7.82 Å². The summed E-state index contributed by atoms with van der Waals surface area (Å²) in [4.78, 5) is 25.6. The minimum atomic E-state index is -5.39. The zero-order chi connectivity index (χ0) is 13.5. The third-order valence-electron chi connectivity index (χ3n) is 0. The predicted molar refractivity (Wildman–Crippen MR) is 38.0 cm³/mol. The second-order valence-corrected chi connectivity index (χ2v) is 3.91. The van der Waals surface area contributed by atoms with Crippen LogP contribution in [0.15, 0.2) is 0 Å². The van der Waals surface area contributed by atoms with E-state index in [1.807, 2.05) is 0 Å². The van der Waals surface area contributed by atoms with Crippen molar-refractivity contribution in [2.75, 3.05) is 0 Å². The second-order valence-electron chi connectivity index (χ2n) is 1.30. The fourth-order valence-electron chi connectivity index (χ4n) is 0. The average Bonchev–Trinajstić information content (AvgIpc) is 1.41. The molecule has 0 aromatic heterocycles. The molecule has 101 valence electrons. The summed E-state index contributed by atoms with van der Waals surface area (Å²) in [5.74, 6) is 0. The maximum absolute atomic E-state index is 8.74. The van der Waals surface area contributed by atoms with Gasteiger partial charge in [-0.15, -0.1) is 0 Å². The van der Waals surface area contributed by atoms with Gasteiger partial charge in [0.15, 0.2) is 0 Å². The number of phosphoric acid groups is 1. The van der Waals surface area contributed by atoms with Crippen LogP contribution < -0.4 is 66.1 Å². The van der Waals surface area contributed by atoms with Crippen LogP contribution in [0.4, 0.5) is 0 Å². The smallest absolute Gasteiger partial charge is 0.822 e. The number of hydrogen-bond acceptors (Lipinski definition) is 10. The molecule has 0 unspecified atom stereocenters. The maximum atomic E-state index is 8.74. The van der Waals surface area contributed by atoms with Gasteiger partial charge in [-0.3, -0.25) is 17.5 Å². The first-order valence-corrected chi connectivity index (χ1v) is 6.29. The van der Waals surface area contributed by atoms with Crippen LogP contribution in [0.2, 0.25) is 0 Å². The summed E-state index contributed by atoms with van der Waals surface area (Å²) in [7, 11) is -15.2. The molecule has 2 N–H and O–H groups in total. The fourth-order valence-corrected chi connectivity index (χ4v) is 0. The van der Waals surface area contributed by atoms with E-state index in [0.717, 1.165) is 0 Å². The average molecular weight is 407 g/mol. The van der Waals surface area contributed by atoms with Crippen LogP contribution in [-0.4, -0.2) is 58.1 Å². The zero-order valence-corrected chi connectivity index (χ0v) is 16.6. The van der Waals surface area contributed by atoms with E-state index >= 15 is 0 Å². The van der Waals surface area contributed by atoms with Gasteiger partial charge in [-0.25, -0.2) is 0 Å². The number of rotatable bonds is 0. The van der Waals surface area contributed by atoms with Gasteiger partial charge in [-0.2, -0.15) is 16.2 Å². The number of hydrogen-bond donors (Lipinski definition) is 2. The molecule has 0 aliphatic rings. The Kier molecular flexibility index (Phi) is 33.4. The second kappa shape index (κ2) is 16.1. The minimum Gasteiger partial charge on any atom is -0.822 e. The summed E-state index contributed by atoms with van der Waals surface area (Å²) in [6, 6.07) is 0. The van der Waals surface area contributed by atoms with Crippen molar-refractivity contribution in [2.24, 2.45) is 0 Å². The van der Waals surface area contributed by atoms with Gasteiger partial charge in [-0.1, -0.05) is 0 Å². The van der Waals surface area contributed by atoms with Crippen LogP contribution in [0, 0.1) is 0 Å². The molecule has 0 aliphatic heterocycles. The maximum Gasteiger partial charge on any atom is 2.00 e. The van der Waals surface area contributed by atoms with E-state index in [1.54, 1.807) is 0 Å². The first-order chi connectivity index (χ1) is 6.00. The first-order valence-electron chi connectivity index (χ1n) is 2.10. The third kappa shape index (κ3) is 772. The summed E-state index contributed by atoms with van der Waals surface area (Å²) in [5.41, 5.74) is 0. The molecule has 0 aromatic rings. The Labute approximate surface area is 171 Å². The van der Waals surface area contributed by atoms with E-state index in [0.29, 0.717) is 0 Å². The van der Waals surface area contributed by atoms with Crippen molar-refractivity contribution in [1.82, 2.24) is 0 Å². The Morgan fingerprint density at radius 1 is 0.889 bits per heavy atom. The van der Waals surface area contributed by atoms with E-state index in [4.69, 9.17) is 54.3 Å². The Balaban J connectivity index is -0.0000000277. The molecular weight excluding hydrogens is 405 g/mol. The van der Waals surface area contributed by atoms with Gasteiger partial charge in [-0.05, 0) is 0 Å². The molecule has 0 aliphatic carbocycles. The van der Waals surface area contributed by atoms with Crippen molar-refractivity contribution in [2.45, 2.75) is 0 Å². The van der Waals surface area contributed by atoms with E-state index < -0.39 is 28.6 Å². The molecule has 0 atom stereocenters. The molecule has 0 heterocycles. The Bertz CT molecular complexity index is 338. The van der Waals surface area contributed by atoms with E-state index in [9.17, 15) is 0 Å². The van der Waals surface area contributed by atoms with Crippen molar-refractivity contribution in [1.29, 1.82) is 0 Å². The van der Waals surface area contributed by atoms with Crippen LogP contribution in [0.1, 0.15) is 0 Å². The molecule has 0 spiro atoms. The molecule has 0 bridgehead atoms. The van der Waals surface area contributed by atoms with E-state index in [2.05, 4.69) is 0 Å². The van der Waals surface area contributed by atoms with Gasteiger partial charge < -0.3 is 28.4 Å². The minimum absolute atomic E-state index is 0. The Hall–Kier alpha value is 2.77. The quantitative estimate of drug-likeness (QED) is 0.164. The predicted octanol–water partition coefficient (Wildman–Crippen LogP) is -8.19. The molecule has 18 heavy (non-hydrogen) atoms. The molecule has 0 aromatic carbocycles. The van der Waals surface area contributed by atoms with Crippen molar-refractivity contribution in [3.8, 4) is 0 Å². The monoisotopic (exact) mass is 407 g/mol. The summed E-state index contributed by atoms with van der Waals surface area (Å²) < 4.78 is 74.2. The zero-order valence-electron chi connectivity index (χ0n) is 8.33. The van der Waals surface area contributed by atoms with Crippen molar-refractivity contribution < 1.29 is 123 Å². The van der Waals surface area contributed by atoms with Gasteiger partial charge in [0, 0.05) is 10.4 Å². The Morgan fingerprint density at radius 3 is 0.889 bits per heavy atom. The van der Waals surface area contributed by atoms with Gasteiger partial charge in [0.25, 0.3) is 0 Å². The molecule has 12 nitrogen and oxygen atoms in total. The van der Waals surface area contributed by atoms with E-state index in [-0.39, 0.29) is 91.5 Å². The Morgan fingerprint density at radius 2 is 0.889 bits per heavy atom. The summed E-state index contributed by atoms with van der Waals surface area (Å²) in [6.07, 6.45) is 0. The van der Waals surface area contributed by atoms with Crippen LogP contribution in [0.5, 0.6) is 0 Å². The molecule has 0 fully saturated rings. The summed E-state index contributed by atoms with van der Waals surface area (Å²) in [6.45, 7) is 0. The molecule has 0 amide bonds. The van der Waals surface area contributed by atoms with Gasteiger partial charge in [0.1, 0.15) is 0 Å². The largest absolute Gasteiger partial charge is 2.00 e. The van der Waals surface area contributed by atoms with Crippen LogP contribution in [0.3, 0.4) is 0 Å². The molecule has 18 heteroatoms. The van der Waals surface area contributed by atoms with Crippen LogP contribution in [0.25, 0.3) is 0 Å². The molecule has 1 radical (unpaired) electrons. The van der Waals surface area contributed by atoms with Crippen molar-refractivity contribution in [3.05, 3.63) is 0 Å². The summed E-state index contributed by atoms with van der Waals surface area (Å²) in [5, 5.41) is 0. The third-order valence-corrected chi connectivity index (χ3v) is 0. The molecular formula is H2KMgMnO12PS2. The SMILES string of the molecule is O=P([O-])([O-])[O-].O=S(=O)(O)O.O=S(=O)([O-])[O-].[K+].[Mg+2].[Mn+2]. The topological polar surface area (TPSA) is 241 Å². The van der Waals surface area contributed by atoms with Crippen LogP contribution in [-0.2, 0) is 42.4 Å². The molecule has 0 rings (SSSR count). The first kappa shape index (κ1) is 37.2. The van der Waals surface area contributed by atoms with Gasteiger partial charge in [0.05, 0.1) is 0 Å².